The van der Waals surface area contributed by atoms with E-state index in [4.69, 9.17) is 4.74 Å². The molecule has 0 bridgehead atoms. The van der Waals surface area contributed by atoms with Gasteiger partial charge in [0.25, 0.3) is 0 Å². The lowest BCUT2D eigenvalue weighted by Crippen LogP contribution is -2.07. The van der Waals surface area contributed by atoms with Gasteiger partial charge in [-0.15, -0.1) is 0 Å². The highest BCUT2D eigenvalue weighted by atomic mass is 79.9. The summed E-state index contributed by atoms with van der Waals surface area (Å²) in [6.45, 7) is 1.56. The maximum absolute atomic E-state index is 11.5. The molecule has 92 valence electrons. The van der Waals surface area contributed by atoms with Crippen LogP contribution in [0.25, 0.3) is 0 Å². The molecule has 0 heterocycles. The summed E-state index contributed by atoms with van der Waals surface area (Å²) in [7, 11) is 2.46. The zero-order valence-corrected chi connectivity index (χ0v) is 11.0. The Balaban J connectivity index is 3.63. The maximum Gasteiger partial charge on any atom is 0.341 e. The lowest BCUT2D eigenvalue weighted by Gasteiger charge is -2.10. The molecule has 1 rings (SSSR count). The number of nitro benzene ring substituents is 1. The molecule has 0 fully saturated rings. The molecular weight excluding hydrogens is 294 g/mol. The Bertz CT molecular complexity index is 486. The van der Waals surface area contributed by atoms with E-state index in [1.54, 1.807) is 6.92 Å². The van der Waals surface area contributed by atoms with E-state index in [9.17, 15) is 14.9 Å². The monoisotopic (exact) mass is 303 g/mol. The molecule has 7 heteroatoms. The number of halogens is 1. The summed E-state index contributed by atoms with van der Waals surface area (Å²) in [6, 6.07) is 1.44. The zero-order chi connectivity index (χ0) is 13.2. The predicted octanol–water partition coefficient (Wildman–Crippen LogP) is 2.46. The van der Waals surface area contributed by atoms with Crippen LogP contribution in [0.15, 0.2) is 10.5 Å². The van der Waals surface area contributed by atoms with Crippen LogP contribution in [0, 0.1) is 17.0 Å². The van der Waals surface area contributed by atoms with E-state index in [1.807, 2.05) is 0 Å². The Kier molecular flexibility index (Phi) is 4.06. The van der Waals surface area contributed by atoms with Crippen molar-refractivity contribution in [3.63, 3.8) is 0 Å². The molecule has 0 spiro atoms. The van der Waals surface area contributed by atoms with Crippen LogP contribution in [0.1, 0.15) is 15.9 Å². The van der Waals surface area contributed by atoms with Gasteiger partial charge in [0.1, 0.15) is 5.56 Å². The highest BCUT2D eigenvalue weighted by molar-refractivity contribution is 9.10. The van der Waals surface area contributed by atoms with Gasteiger partial charge in [0.2, 0.25) is 5.75 Å². The number of carbonyl (C=O) groups excluding carboxylic acids is 1. The van der Waals surface area contributed by atoms with Crippen molar-refractivity contribution in [2.75, 3.05) is 14.2 Å². The van der Waals surface area contributed by atoms with Crippen molar-refractivity contribution < 1.29 is 19.2 Å². The topological polar surface area (TPSA) is 78.7 Å². The standard InChI is InChI=1S/C10H10BrNO5/c1-5-7(11)4-6(10(13)17-3)9(16-2)8(5)12(14)15/h4H,1-3H3. The van der Waals surface area contributed by atoms with E-state index < -0.39 is 10.9 Å². The number of hydrogen-bond acceptors (Lipinski definition) is 5. The van der Waals surface area contributed by atoms with Gasteiger partial charge < -0.3 is 9.47 Å². The average molecular weight is 304 g/mol. The number of hydrogen-bond donors (Lipinski definition) is 0. The number of carbonyl (C=O) groups is 1. The first-order chi connectivity index (χ1) is 7.93. The Labute approximate surface area is 106 Å². The van der Waals surface area contributed by atoms with E-state index in [2.05, 4.69) is 20.7 Å². The summed E-state index contributed by atoms with van der Waals surface area (Å²) in [5.74, 6) is -0.784. The number of nitrogens with zero attached hydrogens (tertiary/aromatic N) is 1. The quantitative estimate of drug-likeness (QED) is 0.487. The highest BCUT2D eigenvalue weighted by Gasteiger charge is 2.28. The summed E-state index contributed by atoms with van der Waals surface area (Å²) >= 11 is 3.16. The summed E-state index contributed by atoms with van der Waals surface area (Å²) in [6.07, 6.45) is 0. The van der Waals surface area contributed by atoms with Crippen molar-refractivity contribution in [1.29, 1.82) is 0 Å². The Morgan fingerprint density at radius 2 is 2.06 bits per heavy atom. The van der Waals surface area contributed by atoms with Gasteiger partial charge in [0.15, 0.2) is 0 Å². The van der Waals surface area contributed by atoms with Crippen molar-refractivity contribution >= 4 is 27.6 Å². The minimum Gasteiger partial charge on any atom is -0.490 e. The van der Waals surface area contributed by atoms with Gasteiger partial charge >= 0.3 is 11.7 Å². The van der Waals surface area contributed by atoms with Gasteiger partial charge in [-0.3, -0.25) is 10.1 Å². The molecule has 0 N–H and O–H groups in total. The van der Waals surface area contributed by atoms with Crippen LogP contribution in [-0.2, 0) is 4.74 Å². The van der Waals surface area contributed by atoms with Crippen LogP contribution in [0.5, 0.6) is 5.75 Å². The SMILES string of the molecule is COC(=O)c1cc(Br)c(C)c([N+](=O)[O-])c1OC. The second-order valence-corrected chi connectivity index (χ2v) is 4.02. The number of ether oxygens (including phenoxy) is 2. The molecule has 0 radical (unpaired) electrons. The van der Waals surface area contributed by atoms with E-state index in [0.717, 1.165) is 0 Å². The number of rotatable bonds is 3. The smallest absolute Gasteiger partial charge is 0.341 e. The zero-order valence-electron chi connectivity index (χ0n) is 9.44. The van der Waals surface area contributed by atoms with Crippen LogP contribution in [0.3, 0.4) is 0 Å². The van der Waals surface area contributed by atoms with Crippen LogP contribution in [0.2, 0.25) is 0 Å². The van der Waals surface area contributed by atoms with Crippen molar-refractivity contribution in [1.82, 2.24) is 0 Å². The minimum absolute atomic E-state index is 0.0131. The van der Waals surface area contributed by atoms with Crippen molar-refractivity contribution in [2.24, 2.45) is 0 Å². The van der Waals surface area contributed by atoms with Crippen LogP contribution in [0.4, 0.5) is 5.69 Å². The van der Waals surface area contributed by atoms with Gasteiger partial charge in [-0.1, -0.05) is 15.9 Å². The third-order valence-electron chi connectivity index (χ3n) is 2.24. The third-order valence-corrected chi connectivity index (χ3v) is 3.06. The van der Waals surface area contributed by atoms with Crippen molar-refractivity contribution in [3.8, 4) is 5.75 Å². The van der Waals surface area contributed by atoms with Gasteiger partial charge in [0, 0.05) is 10.0 Å². The van der Waals surface area contributed by atoms with Crippen LogP contribution >= 0.6 is 15.9 Å². The van der Waals surface area contributed by atoms with Gasteiger partial charge in [-0.25, -0.2) is 4.79 Å². The molecule has 17 heavy (non-hydrogen) atoms. The van der Waals surface area contributed by atoms with Gasteiger partial charge in [0.05, 0.1) is 19.1 Å². The van der Waals surface area contributed by atoms with Gasteiger partial charge in [-0.2, -0.15) is 0 Å². The summed E-state index contributed by atoms with van der Waals surface area (Å²) in [5.41, 5.74) is 0.154. The van der Waals surface area contributed by atoms with Crippen molar-refractivity contribution in [2.45, 2.75) is 6.92 Å². The van der Waals surface area contributed by atoms with Gasteiger partial charge in [-0.05, 0) is 13.0 Å². The van der Waals surface area contributed by atoms with Crippen molar-refractivity contribution in [3.05, 3.63) is 31.8 Å². The Morgan fingerprint density at radius 1 is 1.47 bits per heavy atom. The molecule has 6 nitrogen and oxygen atoms in total. The Hall–Kier alpha value is -1.63. The van der Waals surface area contributed by atoms with E-state index in [1.165, 1.54) is 20.3 Å². The molecule has 0 aliphatic heterocycles. The summed E-state index contributed by atoms with van der Waals surface area (Å²) in [4.78, 5) is 21.9. The fourth-order valence-electron chi connectivity index (χ4n) is 1.40. The first-order valence-electron chi connectivity index (χ1n) is 4.53. The first-order valence-corrected chi connectivity index (χ1v) is 5.33. The van der Waals surface area contributed by atoms with Crippen LogP contribution in [-0.4, -0.2) is 25.1 Å². The number of methoxy groups -OCH3 is 2. The van der Waals surface area contributed by atoms with E-state index >= 15 is 0 Å². The molecule has 0 aliphatic rings. The molecule has 1 aromatic carbocycles. The average Bonchev–Trinajstić information content (AvgIpc) is 2.30. The number of esters is 1. The largest absolute Gasteiger partial charge is 0.490 e. The van der Waals surface area contributed by atoms with Crippen LogP contribution < -0.4 is 4.74 Å². The second-order valence-electron chi connectivity index (χ2n) is 3.16. The Morgan fingerprint density at radius 3 is 2.47 bits per heavy atom. The molecule has 0 unspecified atom stereocenters. The lowest BCUT2D eigenvalue weighted by atomic mass is 10.1. The molecule has 0 amide bonds. The minimum atomic E-state index is -0.689. The molecular formula is C10H10BrNO5. The molecule has 0 aromatic heterocycles. The number of benzene rings is 1. The molecule has 1 aromatic rings. The molecule has 0 saturated heterocycles. The third kappa shape index (κ3) is 2.38. The first kappa shape index (κ1) is 13.4. The highest BCUT2D eigenvalue weighted by Crippen LogP contribution is 2.38. The normalized spacial score (nSPS) is 9.88. The molecule has 0 aliphatic carbocycles. The number of nitro groups is 1. The van der Waals surface area contributed by atoms with E-state index in [-0.39, 0.29) is 17.0 Å². The molecule has 0 saturated carbocycles. The lowest BCUT2D eigenvalue weighted by molar-refractivity contribution is -0.386. The maximum atomic E-state index is 11.5. The fraction of sp³-hybridized carbons (Fsp3) is 0.300. The summed E-state index contributed by atoms with van der Waals surface area (Å²) in [5, 5.41) is 11.0. The summed E-state index contributed by atoms with van der Waals surface area (Å²) < 4.78 is 9.93. The molecule has 0 atom stereocenters. The predicted molar refractivity (Wildman–Crippen MR) is 63.4 cm³/mol. The fourth-order valence-corrected chi connectivity index (χ4v) is 1.82. The van der Waals surface area contributed by atoms with E-state index in [0.29, 0.717) is 10.0 Å². The second kappa shape index (κ2) is 5.13.